The van der Waals surface area contributed by atoms with Gasteiger partial charge in [0.1, 0.15) is 6.29 Å². The van der Waals surface area contributed by atoms with Crippen LogP contribution in [0.2, 0.25) is 0 Å². The van der Waals surface area contributed by atoms with Gasteiger partial charge in [0.05, 0.1) is 5.41 Å². The summed E-state index contributed by atoms with van der Waals surface area (Å²) in [5.41, 5.74) is 2.73. The molecule has 2 heteroatoms. The summed E-state index contributed by atoms with van der Waals surface area (Å²) in [6.07, 6.45) is 2.90. The van der Waals surface area contributed by atoms with Gasteiger partial charge in [-0.1, -0.05) is 61.9 Å². The Morgan fingerprint density at radius 2 is 1.64 bits per heavy atom. The average molecular weight is 295 g/mol. The summed E-state index contributed by atoms with van der Waals surface area (Å²) in [7, 11) is 2.07. The minimum absolute atomic E-state index is 0.573. The van der Waals surface area contributed by atoms with Gasteiger partial charge >= 0.3 is 0 Å². The third-order valence-electron chi connectivity index (χ3n) is 4.40. The van der Waals surface area contributed by atoms with Crippen LogP contribution in [0.15, 0.2) is 54.6 Å². The molecule has 0 heterocycles. The fourth-order valence-corrected chi connectivity index (χ4v) is 3.11. The normalized spacial score (nSPS) is 13.4. The van der Waals surface area contributed by atoms with Crippen LogP contribution in [0.5, 0.6) is 0 Å². The van der Waals surface area contributed by atoms with E-state index in [4.69, 9.17) is 0 Å². The SMILES string of the molecule is CCCC(C=O)(c1ccccc1)c1ccccc1N(C)CC. The number of carbonyl (C=O) groups is 1. The molecule has 0 aliphatic carbocycles. The molecule has 0 aliphatic rings. The summed E-state index contributed by atoms with van der Waals surface area (Å²) < 4.78 is 0. The summed E-state index contributed by atoms with van der Waals surface area (Å²) in [4.78, 5) is 14.5. The molecule has 0 aromatic heterocycles. The maximum Gasteiger partial charge on any atom is 0.135 e. The van der Waals surface area contributed by atoms with Crippen molar-refractivity contribution in [2.24, 2.45) is 0 Å². The summed E-state index contributed by atoms with van der Waals surface area (Å²) >= 11 is 0. The maximum absolute atomic E-state index is 12.3. The molecule has 0 radical (unpaired) electrons. The van der Waals surface area contributed by atoms with Crippen molar-refractivity contribution in [2.75, 3.05) is 18.5 Å². The first kappa shape index (κ1) is 16.3. The van der Waals surface area contributed by atoms with Gasteiger partial charge in [0.25, 0.3) is 0 Å². The molecule has 0 amide bonds. The molecule has 1 atom stereocenters. The molecular formula is C20H25NO. The number of carbonyl (C=O) groups excluding carboxylic acids is 1. The van der Waals surface area contributed by atoms with E-state index in [-0.39, 0.29) is 0 Å². The Morgan fingerprint density at radius 1 is 1.00 bits per heavy atom. The highest BCUT2D eigenvalue weighted by Crippen LogP contribution is 2.39. The predicted octanol–water partition coefficient (Wildman–Crippen LogP) is 4.43. The topological polar surface area (TPSA) is 20.3 Å². The van der Waals surface area contributed by atoms with Crippen molar-refractivity contribution in [3.8, 4) is 0 Å². The minimum atomic E-state index is -0.573. The van der Waals surface area contributed by atoms with E-state index in [1.807, 2.05) is 30.3 Å². The van der Waals surface area contributed by atoms with Crippen molar-refractivity contribution in [3.05, 3.63) is 65.7 Å². The zero-order chi connectivity index (χ0) is 16.0. The zero-order valence-electron chi connectivity index (χ0n) is 13.8. The van der Waals surface area contributed by atoms with Gasteiger partial charge in [-0.05, 0) is 30.5 Å². The molecule has 2 rings (SSSR count). The first-order chi connectivity index (χ1) is 10.7. The molecule has 2 aromatic rings. The molecule has 22 heavy (non-hydrogen) atoms. The zero-order valence-corrected chi connectivity index (χ0v) is 13.8. The summed E-state index contributed by atoms with van der Waals surface area (Å²) in [5.74, 6) is 0. The molecule has 0 saturated heterocycles. The van der Waals surface area contributed by atoms with Gasteiger partial charge in [-0.3, -0.25) is 0 Å². The molecule has 116 valence electrons. The largest absolute Gasteiger partial charge is 0.375 e. The molecule has 2 nitrogen and oxygen atoms in total. The quantitative estimate of drug-likeness (QED) is 0.704. The van der Waals surface area contributed by atoms with Crippen LogP contribution in [0.1, 0.15) is 37.8 Å². The highest BCUT2D eigenvalue weighted by Gasteiger charge is 2.35. The van der Waals surface area contributed by atoms with Crippen molar-refractivity contribution in [2.45, 2.75) is 32.1 Å². The van der Waals surface area contributed by atoms with Gasteiger partial charge < -0.3 is 9.69 Å². The van der Waals surface area contributed by atoms with E-state index in [2.05, 4.69) is 50.1 Å². The number of hydrogen-bond donors (Lipinski definition) is 0. The van der Waals surface area contributed by atoms with E-state index in [1.165, 1.54) is 0 Å². The second kappa shape index (κ2) is 7.26. The minimum Gasteiger partial charge on any atom is -0.375 e. The van der Waals surface area contributed by atoms with E-state index in [0.29, 0.717) is 0 Å². The Morgan fingerprint density at radius 3 is 2.23 bits per heavy atom. The standard InChI is InChI=1S/C20H25NO/c1-4-15-20(16-22,17-11-7-6-8-12-17)18-13-9-10-14-19(18)21(3)5-2/h6-14,16H,4-5,15H2,1-3H3. The molecule has 0 fully saturated rings. The lowest BCUT2D eigenvalue weighted by Crippen LogP contribution is -2.32. The lowest BCUT2D eigenvalue weighted by atomic mass is 9.72. The van der Waals surface area contributed by atoms with E-state index in [9.17, 15) is 4.79 Å². The van der Waals surface area contributed by atoms with Crippen LogP contribution in [-0.4, -0.2) is 19.9 Å². The number of para-hydroxylation sites is 1. The van der Waals surface area contributed by atoms with Crippen molar-refractivity contribution >= 4 is 12.0 Å². The smallest absolute Gasteiger partial charge is 0.135 e. The Hall–Kier alpha value is -2.09. The van der Waals surface area contributed by atoms with Crippen LogP contribution in [-0.2, 0) is 10.2 Å². The monoisotopic (exact) mass is 295 g/mol. The molecular weight excluding hydrogens is 270 g/mol. The molecule has 0 N–H and O–H groups in total. The summed E-state index contributed by atoms with van der Waals surface area (Å²) in [5, 5.41) is 0. The van der Waals surface area contributed by atoms with Gasteiger partial charge in [0.2, 0.25) is 0 Å². The Labute approximate surface area is 133 Å². The molecule has 0 saturated carbocycles. The van der Waals surface area contributed by atoms with Crippen LogP contribution >= 0.6 is 0 Å². The highest BCUT2D eigenvalue weighted by atomic mass is 16.1. The number of benzene rings is 2. The molecule has 0 bridgehead atoms. The van der Waals surface area contributed by atoms with Gasteiger partial charge in [-0.25, -0.2) is 0 Å². The second-order valence-corrected chi connectivity index (χ2v) is 5.74. The highest BCUT2D eigenvalue weighted by molar-refractivity contribution is 5.79. The molecule has 1 unspecified atom stereocenters. The first-order valence-electron chi connectivity index (χ1n) is 8.02. The third-order valence-corrected chi connectivity index (χ3v) is 4.40. The Bertz CT molecular complexity index is 608. The number of hydrogen-bond acceptors (Lipinski definition) is 2. The molecule has 2 aromatic carbocycles. The van der Waals surface area contributed by atoms with E-state index in [1.54, 1.807) is 0 Å². The maximum atomic E-state index is 12.3. The van der Waals surface area contributed by atoms with Crippen LogP contribution in [0.25, 0.3) is 0 Å². The van der Waals surface area contributed by atoms with E-state index >= 15 is 0 Å². The first-order valence-corrected chi connectivity index (χ1v) is 8.02. The number of rotatable bonds is 7. The van der Waals surface area contributed by atoms with Crippen molar-refractivity contribution in [1.82, 2.24) is 0 Å². The third kappa shape index (κ3) is 2.92. The lowest BCUT2D eigenvalue weighted by molar-refractivity contribution is -0.111. The van der Waals surface area contributed by atoms with Gasteiger partial charge in [-0.2, -0.15) is 0 Å². The Balaban J connectivity index is 2.68. The second-order valence-electron chi connectivity index (χ2n) is 5.74. The molecule has 0 spiro atoms. The summed E-state index contributed by atoms with van der Waals surface area (Å²) in [6.45, 7) is 5.17. The summed E-state index contributed by atoms with van der Waals surface area (Å²) in [6, 6.07) is 18.4. The van der Waals surface area contributed by atoms with Crippen molar-refractivity contribution in [3.63, 3.8) is 0 Å². The van der Waals surface area contributed by atoms with Crippen molar-refractivity contribution in [1.29, 1.82) is 0 Å². The number of anilines is 1. The predicted molar refractivity (Wildman–Crippen MR) is 93.6 cm³/mol. The molecule has 0 aliphatic heterocycles. The Kier molecular flexibility index (Phi) is 5.37. The number of nitrogens with zero attached hydrogens (tertiary/aromatic N) is 1. The van der Waals surface area contributed by atoms with Crippen LogP contribution in [0, 0.1) is 0 Å². The van der Waals surface area contributed by atoms with Crippen LogP contribution in [0.3, 0.4) is 0 Å². The van der Waals surface area contributed by atoms with Crippen molar-refractivity contribution < 1.29 is 4.79 Å². The van der Waals surface area contributed by atoms with E-state index in [0.717, 1.165) is 42.5 Å². The van der Waals surface area contributed by atoms with Crippen LogP contribution in [0.4, 0.5) is 5.69 Å². The fourth-order valence-electron chi connectivity index (χ4n) is 3.11. The van der Waals surface area contributed by atoms with E-state index < -0.39 is 5.41 Å². The van der Waals surface area contributed by atoms with Gasteiger partial charge in [0.15, 0.2) is 0 Å². The lowest BCUT2D eigenvalue weighted by Gasteiger charge is -2.33. The average Bonchev–Trinajstić information content (AvgIpc) is 2.60. The number of aldehydes is 1. The van der Waals surface area contributed by atoms with Gasteiger partial charge in [-0.15, -0.1) is 0 Å². The van der Waals surface area contributed by atoms with Crippen LogP contribution < -0.4 is 4.90 Å². The fraction of sp³-hybridized carbons (Fsp3) is 0.350. The van der Waals surface area contributed by atoms with Gasteiger partial charge in [0, 0.05) is 19.3 Å².